The number of benzene rings is 2. The number of hydrogen-bond donors (Lipinski definition) is 1. The lowest BCUT2D eigenvalue weighted by Gasteiger charge is -2.26. The molecule has 1 atom stereocenters. The lowest BCUT2D eigenvalue weighted by molar-refractivity contribution is 0.511. The van der Waals surface area contributed by atoms with Crippen LogP contribution in [0.4, 0.5) is 0 Å². The van der Waals surface area contributed by atoms with E-state index in [-0.39, 0.29) is 0 Å². The molecule has 0 aliphatic carbocycles. The number of thioether (sulfide) groups is 1. The van der Waals surface area contributed by atoms with Crippen LogP contribution in [-0.2, 0) is 6.54 Å². The van der Waals surface area contributed by atoms with Crippen LogP contribution in [0.1, 0.15) is 23.6 Å². The first kappa shape index (κ1) is 13.4. The summed E-state index contributed by atoms with van der Waals surface area (Å²) in [5, 5.41) is 7.46. The van der Waals surface area contributed by atoms with Crippen molar-refractivity contribution in [2.45, 2.75) is 23.9 Å². The summed E-state index contributed by atoms with van der Waals surface area (Å²) < 4.78 is 1.38. The van der Waals surface area contributed by atoms with Crippen LogP contribution < -0.4 is 5.32 Å². The van der Waals surface area contributed by atoms with E-state index in [0.717, 1.165) is 6.54 Å². The number of nitrogens with one attached hydrogen (secondary N) is 1. The highest BCUT2D eigenvalue weighted by Crippen LogP contribution is 2.36. The van der Waals surface area contributed by atoms with Gasteiger partial charge >= 0.3 is 0 Å². The molecule has 1 nitrogen and oxygen atoms in total. The zero-order valence-electron chi connectivity index (χ0n) is 11.7. The molecule has 0 spiro atoms. The second-order valence-electron chi connectivity index (χ2n) is 5.37. The van der Waals surface area contributed by atoms with E-state index in [4.69, 9.17) is 0 Å². The van der Waals surface area contributed by atoms with Gasteiger partial charge in [-0.1, -0.05) is 36.4 Å². The Hall–Kier alpha value is -1.29. The van der Waals surface area contributed by atoms with Gasteiger partial charge < -0.3 is 5.32 Å². The molecular weight excluding hydrogens is 294 g/mol. The monoisotopic (exact) mass is 311 g/mol. The molecule has 1 aliphatic rings. The Morgan fingerprint density at radius 1 is 1.05 bits per heavy atom. The molecule has 3 heteroatoms. The minimum atomic E-state index is 0.487. The highest BCUT2D eigenvalue weighted by Gasteiger charge is 2.19. The fourth-order valence-corrected chi connectivity index (χ4v) is 5.04. The Bertz CT molecular complexity index is 763. The van der Waals surface area contributed by atoms with E-state index >= 15 is 0 Å². The van der Waals surface area contributed by atoms with Crippen molar-refractivity contribution in [3.05, 3.63) is 65.0 Å². The minimum Gasteiger partial charge on any atom is -0.306 e. The van der Waals surface area contributed by atoms with Crippen molar-refractivity contribution in [3.63, 3.8) is 0 Å². The number of rotatable bonds is 3. The van der Waals surface area contributed by atoms with Gasteiger partial charge in [0.05, 0.1) is 0 Å². The summed E-state index contributed by atoms with van der Waals surface area (Å²) in [6.07, 6.45) is 1.21. The second-order valence-corrected chi connectivity index (χ2v) is 7.41. The van der Waals surface area contributed by atoms with Gasteiger partial charge in [0.1, 0.15) is 0 Å². The van der Waals surface area contributed by atoms with E-state index in [2.05, 4.69) is 59.2 Å². The number of hydrogen-bond acceptors (Lipinski definition) is 3. The first-order valence-corrected chi connectivity index (χ1v) is 9.18. The molecule has 21 heavy (non-hydrogen) atoms. The summed E-state index contributed by atoms with van der Waals surface area (Å²) in [5.41, 5.74) is 2.89. The Labute approximate surface area is 133 Å². The van der Waals surface area contributed by atoms with Crippen molar-refractivity contribution in [2.24, 2.45) is 0 Å². The van der Waals surface area contributed by atoms with Gasteiger partial charge in [-0.15, -0.1) is 23.1 Å². The molecule has 1 N–H and O–H groups in total. The molecular formula is C18H17NS2. The fourth-order valence-electron chi connectivity index (χ4n) is 2.96. The number of fused-ring (bicyclic) bond motifs is 2. The molecule has 0 bridgehead atoms. The zero-order chi connectivity index (χ0) is 14.1. The molecule has 2 aromatic carbocycles. The van der Waals surface area contributed by atoms with Gasteiger partial charge in [0.15, 0.2) is 0 Å². The van der Waals surface area contributed by atoms with Gasteiger partial charge in [-0.2, -0.15) is 0 Å². The van der Waals surface area contributed by atoms with E-state index in [0.29, 0.717) is 6.04 Å². The first-order chi connectivity index (χ1) is 10.4. The lowest BCUT2D eigenvalue weighted by Crippen LogP contribution is -2.24. The largest absolute Gasteiger partial charge is 0.306 e. The summed E-state index contributed by atoms with van der Waals surface area (Å²) in [6.45, 7) is 0.952. The van der Waals surface area contributed by atoms with Crippen molar-refractivity contribution >= 4 is 33.2 Å². The van der Waals surface area contributed by atoms with Crippen molar-refractivity contribution < 1.29 is 0 Å². The SMILES string of the molecule is c1ccc2c(c1)SCCC2NCc1csc2ccccc12. The van der Waals surface area contributed by atoms with Crippen LogP contribution in [-0.4, -0.2) is 5.75 Å². The van der Waals surface area contributed by atoms with E-state index in [1.165, 1.54) is 38.3 Å². The summed E-state index contributed by atoms with van der Waals surface area (Å²) >= 11 is 3.82. The third-order valence-corrected chi connectivity index (χ3v) is 6.19. The van der Waals surface area contributed by atoms with Gasteiger partial charge in [0.25, 0.3) is 0 Å². The van der Waals surface area contributed by atoms with Crippen LogP contribution in [0.2, 0.25) is 0 Å². The van der Waals surface area contributed by atoms with Gasteiger partial charge in [0, 0.05) is 22.2 Å². The van der Waals surface area contributed by atoms with E-state index in [9.17, 15) is 0 Å². The Kier molecular flexibility index (Phi) is 3.72. The molecule has 4 rings (SSSR count). The van der Waals surface area contributed by atoms with Crippen LogP contribution in [0.15, 0.2) is 58.8 Å². The normalized spacial score (nSPS) is 17.8. The smallest absolute Gasteiger partial charge is 0.0346 e. The van der Waals surface area contributed by atoms with E-state index < -0.39 is 0 Å². The predicted molar refractivity (Wildman–Crippen MR) is 93.2 cm³/mol. The highest BCUT2D eigenvalue weighted by molar-refractivity contribution is 7.99. The topological polar surface area (TPSA) is 12.0 Å². The average Bonchev–Trinajstić information content (AvgIpc) is 2.96. The fraction of sp³-hybridized carbons (Fsp3) is 0.222. The van der Waals surface area contributed by atoms with Crippen molar-refractivity contribution in [1.29, 1.82) is 0 Å². The van der Waals surface area contributed by atoms with E-state index in [1.807, 2.05) is 23.1 Å². The molecule has 0 saturated carbocycles. The molecule has 0 amide bonds. The molecule has 0 fully saturated rings. The second kappa shape index (κ2) is 5.84. The summed E-state index contributed by atoms with van der Waals surface area (Å²) in [5.74, 6) is 1.21. The van der Waals surface area contributed by atoms with Crippen molar-refractivity contribution in [1.82, 2.24) is 5.32 Å². The van der Waals surface area contributed by atoms with Crippen LogP contribution in [0.3, 0.4) is 0 Å². The number of thiophene rings is 1. The maximum atomic E-state index is 3.77. The lowest BCUT2D eigenvalue weighted by atomic mass is 10.0. The maximum absolute atomic E-state index is 3.77. The molecule has 1 unspecified atom stereocenters. The zero-order valence-corrected chi connectivity index (χ0v) is 13.3. The summed E-state index contributed by atoms with van der Waals surface area (Å²) in [4.78, 5) is 1.44. The molecule has 1 aromatic heterocycles. The highest BCUT2D eigenvalue weighted by atomic mass is 32.2. The standard InChI is InChI=1S/C18H17NS2/c1-3-7-17-14(5-1)13(12-21-17)11-19-16-9-10-20-18-8-4-2-6-15(16)18/h1-8,12,16,19H,9-11H2. The molecule has 0 saturated heterocycles. The Balaban J connectivity index is 1.55. The van der Waals surface area contributed by atoms with Crippen LogP contribution in [0.25, 0.3) is 10.1 Å². The van der Waals surface area contributed by atoms with Gasteiger partial charge in [0.2, 0.25) is 0 Å². The molecule has 3 aromatic rings. The predicted octanol–water partition coefficient (Wildman–Crippen LogP) is 5.23. The quantitative estimate of drug-likeness (QED) is 0.711. The van der Waals surface area contributed by atoms with Crippen molar-refractivity contribution in [3.8, 4) is 0 Å². The molecule has 2 heterocycles. The maximum Gasteiger partial charge on any atom is 0.0346 e. The van der Waals surface area contributed by atoms with E-state index in [1.54, 1.807) is 0 Å². The average molecular weight is 311 g/mol. The molecule has 0 radical (unpaired) electrons. The van der Waals surface area contributed by atoms with Gasteiger partial charge in [-0.05, 0) is 46.2 Å². The molecule has 106 valence electrons. The minimum absolute atomic E-state index is 0.487. The third-order valence-electron chi connectivity index (χ3n) is 4.06. The van der Waals surface area contributed by atoms with Crippen LogP contribution in [0.5, 0.6) is 0 Å². The third kappa shape index (κ3) is 2.61. The van der Waals surface area contributed by atoms with Crippen LogP contribution >= 0.6 is 23.1 Å². The Morgan fingerprint density at radius 2 is 1.90 bits per heavy atom. The van der Waals surface area contributed by atoms with Gasteiger partial charge in [-0.25, -0.2) is 0 Å². The Morgan fingerprint density at radius 3 is 2.90 bits per heavy atom. The molecule has 1 aliphatic heterocycles. The van der Waals surface area contributed by atoms with Gasteiger partial charge in [-0.3, -0.25) is 0 Å². The van der Waals surface area contributed by atoms with Crippen LogP contribution in [0, 0.1) is 0 Å². The summed E-state index contributed by atoms with van der Waals surface area (Å²) in [7, 11) is 0. The summed E-state index contributed by atoms with van der Waals surface area (Å²) in [6, 6.07) is 18.0. The first-order valence-electron chi connectivity index (χ1n) is 7.32. The van der Waals surface area contributed by atoms with Crippen molar-refractivity contribution in [2.75, 3.05) is 5.75 Å².